The second-order valence-electron chi connectivity index (χ2n) is 7.75. The highest BCUT2D eigenvalue weighted by Gasteiger charge is 2.20. The first-order valence-corrected chi connectivity index (χ1v) is 10.4. The Morgan fingerprint density at radius 1 is 0.903 bits per heavy atom. The Labute approximate surface area is 186 Å². The van der Waals surface area contributed by atoms with Crippen LogP contribution in [0.5, 0.6) is 0 Å². The van der Waals surface area contributed by atoms with Gasteiger partial charge in [-0.3, -0.25) is 4.79 Å². The molecular weight excluding hydrogens is 408 g/mol. The molecule has 4 aromatic rings. The number of aromatic nitrogens is 3. The van der Waals surface area contributed by atoms with Crippen LogP contribution in [0.2, 0.25) is 5.02 Å². The van der Waals surface area contributed by atoms with Gasteiger partial charge in [-0.05, 0) is 68.7 Å². The molecule has 156 valence electrons. The molecule has 0 atom stereocenters. The van der Waals surface area contributed by atoms with Crippen LogP contribution in [0.4, 0.5) is 5.69 Å². The van der Waals surface area contributed by atoms with Crippen LogP contribution in [0.25, 0.3) is 17.1 Å². The van der Waals surface area contributed by atoms with Crippen molar-refractivity contribution >= 4 is 23.2 Å². The molecule has 0 fully saturated rings. The molecule has 31 heavy (non-hydrogen) atoms. The third kappa shape index (κ3) is 4.37. The predicted octanol–water partition coefficient (Wildman–Crippen LogP) is 6.07. The summed E-state index contributed by atoms with van der Waals surface area (Å²) >= 11 is 6.19. The Bertz CT molecular complexity index is 1290. The number of hydrogen-bond donors (Lipinski definition) is 1. The zero-order valence-electron chi connectivity index (χ0n) is 17.9. The van der Waals surface area contributed by atoms with Gasteiger partial charge in [-0.15, -0.1) is 5.10 Å². The molecule has 0 aliphatic heterocycles. The Balaban J connectivity index is 1.80. The number of hydrogen-bond acceptors (Lipinski definition) is 3. The third-order valence-corrected chi connectivity index (χ3v) is 5.52. The quantitative estimate of drug-likeness (QED) is 0.427. The van der Waals surface area contributed by atoms with Crippen LogP contribution in [0.3, 0.4) is 0 Å². The van der Waals surface area contributed by atoms with Gasteiger partial charge in [0.05, 0.1) is 5.69 Å². The van der Waals surface area contributed by atoms with Crippen LogP contribution in [-0.4, -0.2) is 20.7 Å². The van der Waals surface area contributed by atoms with E-state index in [0.29, 0.717) is 16.5 Å². The van der Waals surface area contributed by atoms with Crippen molar-refractivity contribution in [1.29, 1.82) is 0 Å². The Kier molecular flexibility index (Phi) is 5.61. The number of rotatable bonds is 4. The van der Waals surface area contributed by atoms with Crippen LogP contribution >= 0.6 is 11.6 Å². The van der Waals surface area contributed by atoms with Crippen LogP contribution < -0.4 is 5.32 Å². The van der Waals surface area contributed by atoms with Gasteiger partial charge in [0.15, 0.2) is 5.82 Å². The van der Waals surface area contributed by atoms with E-state index < -0.39 is 5.91 Å². The lowest BCUT2D eigenvalue weighted by molar-refractivity contribution is 0.101. The molecule has 0 aliphatic carbocycles. The van der Waals surface area contributed by atoms with E-state index >= 15 is 0 Å². The van der Waals surface area contributed by atoms with Crippen molar-refractivity contribution in [1.82, 2.24) is 14.8 Å². The second-order valence-corrected chi connectivity index (χ2v) is 8.16. The van der Waals surface area contributed by atoms with Gasteiger partial charge < -0.3 is 5.32 Å². The molecule has 0 saturated heterocycles. The molecule has 1 N–H and O–H groups in total. The van der Waals surface area contributed by atoms with E-state index in [1.54, 1.807) is 10.7 Å². The largest absolute Gasteiger partial charge is 0.319 e. The average Bonchev–Trinajstić information content (AvgIpc) is 3.18. The zero-order valence-corrected chi connectivity index (χ0v) is 18.7. The second kappa shape index (κ2) is 8.36. The van der Waals surface area contributed by atoms with Gasteiger partial charge in [-0.2, -0.15) is 0 Å². The summed E-state index contributed by atoms with van der Waals surface area (Å²) in [6, 6.07) is 19.5. The summed E-state index contributed by atoms with van der Waals surface area (Å²) in [5.74, 6) is 0.316. The van der Waals surface area contributed by atoms with Gasteiger partial charge in [0.1, 0.15) is 0 Å². The molecule has 3 aromatic carbocycles. The highest BCUT2D eigenvalue weighted by Crippen LogP contribution is 2.25. The first kappa shape index (κ1) is 20.8. The lowest BCUT2D eigenvalue weighted by Crippen LogP contribution is -2.14. The monoisotopic (exact) mass is 430 g/mol. The van der Waals surface area contributed by atoms with E-state index in [1.807, 2.05) is 76.2 Å². The lowest BCUT2D eigenvalue weighted by atomic mass is 10.1. The Morgan fingerprint density at radius 2 is 1.65 bits per heavy atom. The molecule has 4 rings (SSSR count). The van der Waals surface area contributed by atoms with Crippen LogP contribution in [-0.2, 0) is 0 Å². The summed E-state index contributed by atoms with van der Waals surface area (Å²) < 4.78 is 1.74. The zero-order chi connectivity index (χ0) is 22.1. The number of nitrogens with zero attached hydrogens (tertiary/aromatic N) is 3. The van der Waals surface area contributed by atoms with E-state index in [0.717, 1.165) is 33.5 Å². The fourth-order valence-electron chi connectivity index (χ4n) is 3.35. The summed E-state index contributed by atoms with van der Waals surface area (Å²) in [7, 11) is 0. The standard InChI is InChI=1S/C25H23ClN4O/c1-15-6-5-7-19(12-15)24-28-23(25(31)27-20-11-10-17(3)21(26)14-20)29-30(24)22-13-16(2)8-9-18(22)4/h5-14H,1-4H3,(H,27,31). The van der Waals surface area contributed by atoms with Gasteiger partial charge in [0.2, 0.25) is 5.82 Å². The van der Waals surface area contributed by atoms with Crippen LogP contribution in [0, 0.1) is 27.7 Å². The number of halogens is 1. The van der Waals surface area contributed by atoms with E-state index in [-0.39, 0.29) is 5.82 Å². The molecule has 1 heterocycles. The van der Waals surface area contributed by atoms with Crippen molar-refractivity contribution in [2.24, 2.45) is 0 Å². The van der Waals surface area contributed by atoms with Gasteiger partial charge in [0.25, 0.3) is 5.91 Å². The predicted molar refractivity (Wildman–Crippen MR) is 125 cm³/mol. The summed E-state index contributed by atoms with van der Waals surface area (Å²) in [4.78, 5) is 17.6. The topological polar surface area (TPSA) is 59.8 Å². The molecule has 0 saturated carbocycles. The summed E-state index contributed by atoms with van der Waals surface area (Å²) in [6.07, 6.45) is 0. The first-order chi connectivity index (χ1) is 14.8. The van der Waals surface area contributed by atoms with E-state index in [9.17, 15) is 4.79 Å². The maximum absolute atomic E-state index is 13.0. The smallest absolute Gasteiger partial charge is 0.295 e. The number of aryl methyl sites for hydroxylation is 4. The molecule has 1 aromatic heterocycles. The molecule has 0 spiro atoms. The van der Waals surface area contributed by atoms with Crippen molar-refractivity contribution in [2.75, 3.05) is 5.32 Å². The van der Waals surface area contributed by atoms with Gasteiger partial charge in [0, 0.05) is 16.3 Å². The summed E-state index contributed by atoms with van der Waals surface area (Å²) in [6.45, 7) is 7.98. The summed E-state index contributed by atoms with van der Waals surface area (Å²) in [5.41, 5.74) is 6.58. The Morgan fingerprint density at radius 3 is 2.39 bits per heavy atom. The van der Waals surface area contributed by atoms with Crippen molar-refractivity contribution in [3.8, 4) is 17.1 Å². The molecule has 5 nitrogen and oxygen atoms in total. The average molecular weight is 431 g/mol. The van der Waals surface area contributed by atoms with Gasteiger partial charge in [-0.25, -0.2) is 9.67 Å². The maximum Gasteiger partial charge on any atom is 0.295 e. The molecule has 0 unspecified atom stereocenters. The minimum Gasteiger partial charge on any atom is -0.319 e. The van der Waals surface area contributed by atoms with E-state index in [2.05, 4.69) is 21.5 Å². The molecular formula is C25H23ClN4O. The van der Waals surface area contributed by atoms with E-state index in [1.165, 1.54) is 0 Å². The van der Waals surface area contributed by atoms with Crippen molar-refractivity contribution < 1.29 is 4.79 Å². The molecule has 1 amide bonds. The Hall–Kier alpha value is -3.44. The number of nitrogens with one attached hydrogen (secondary N) is 1. The number of carbonyl (C=O) groups is 1. The number of benzene rings is 3. The highest BCUT2D eigenvalue weighted by atomic mass is 35.5. The first-order valence-electron chi connectivity index (χ1n) is 10.0. The molecule has 0 radical (unpaired) electrons. The minimum atomic E-state index is -0.391. The third-order valence-electron chi connectivity index (χ3n) is 5.11. The highest BCUT2D eigenvalue weighted by molar-refractivity contribution is 6.31. The van der Waals surface area contributed by atoms with Crippen LogP contribution in [0.1, 0.15) is 32.9 Å². The molecule has 0 aliphatic rings. The van der Waals surface area contributed by atoms with Gasteiger partial charge >= 0.3 is 0 Å². The number of amides is 1. The fraction of sp³-hybridized carbons (Fsp3) is 0.160. The molecule has 0 bridgehead atoms. The lowest BCUT2D eigenvalue weighted by Gasteiger charge is -2.10. The maximum atomic E-state index is 13.0. The van der Waals surface area contributed by atoms with Crippen LogP contribution in [0.15, 0.2) is 60.7 Å². The number of anilines is 1. The normalized spacial score (nSPS) is 10.9. The number of carbonyl (C=O) groups excluding carboxylic acids is 1. The summed E-state index contributed by atoms with van der Waals surface area (Å²) in [5, 5.41) is 8.02. The van der Waals surface area contributed by atoms with E-state index in [4.69, 9.17) is 11.6 Å². The van der Waals surface area contributed by atoms with Gasteiger partial charge in [-0.1, -0.05) is 53.6 Å². The van der Waals surface area contributed by atoms with Crippen molar-refractivity contribution in [3.05, 3.63) is 93.8 Å². The minimum absolute atomic E-state index is 0.0918. The van der Waals surface area contributed by atoms with Crippen molar-refractivity contribution in [2.45, 2.75) is 27.7 Å². The molecule has 6 heteroatoms. The SMILES string of the molecule is Cc1cccc(-c2nc(C(=O)Nc3ccc(C)c(Cl)c3)nn2-c2cc(C)ccc2C)c1. The fourth-order valence-corrected chi connectivity index (χ4v) is 3.53. The van der Waals surface area contributed by atoms with Crippen molar-refractivity contribution in [3.63, 3.8) is 0 Å².